The predicted octanol–water partition coefficient (Wildman–Crippen LogP) is 1.44. The molecule has 4 rings (SSSR count). The molecule has 0 aliphatic heterocycles. The van der Waals surface area contributed by atoms with Crippen LogP contribution in [0.25, 0.3) is 22.2 Å². The summed E-state index contributed by atoms with van der Waals surface area (Å²) in [6.07, 6.45) is -7.93. The number of carboxylic acids is 1. The van der Waals surface area contributed by atoms with Crippen LogP contribution in [-0.4, -0.2) is 44.6 Å². The number of carbonyl (C=O) groups excluding carboxylic acids is 1. The van der Waals surface area contributed by atoms with Gasteiger partial charge in [0, 0.05) is 12.1 Å². The van der Waals surface area contributed by atoms with E-state index < -0.39 is 35.4 Å². The van der Waals surface area contributed by atoms with Crippen LogP contribution in [0.2, 0.25) is 0 Å². The molecular formula is C18H15F6LiN2O8. The van der Waals surface area contributed by atoms with Gasteiger partial charge in [0.05, 0.1) is 17.6 Å². The van der Waals surface area contributed by atoms with Crippen LogP contribution in [0.1, 0.15) is 39.0 Å². The second-order valence-corrected chi connectivity index (χ2v) is 6.16. The quantitative estimate of drug-likeness (QED) is 0.212. The summed E-state index contributed by atoms with van der Waals surface area (Å²) in [5.41, 5.74) is -3.10. The van der Waals surface area contributed by atoms with E-state index >= 15 is 0 Å². The van der Waals surface area contributed by atoms with E-state index in [1.165, 1.54) is 6.07 Å². The number of nitrogens with one attached hydrogen (secondary N) is 2. The molecular weight excluding hydrogens is 493 g/mol. The molecule has 4 aromatic rings. The maximum absolute atomic E-state index is 12.5. The Kier molecular flexibility index (Phi) is 10.3. The molecule has 0 bridgehead atoms. The SMILES string of the molecule is CCOC(=O)c1cc2occ(C(F)(F)F)c2[nH]1.O.O=C(O)c1cc2occ(C(F)(F)F)c2[nH]1.[Li+].[OH-]. The summed E-state index contributed by atoms with van der Waals surface area (Å²) >= 11 is 0. The van der Waals surface area contributed by atoms with Gasteiger partial charge in [-0.2, -0.15) is 26.3 Å². The first kappa shape index (κ1) is 31.7. The number of aromatic carboxylic acids is 1. The first-order valence-corrected chi connectivity index (χ1v) is 8.58. The second-order valence-electron chi connectivity index (χ2n) is 6.16. The summed E-state index contributed by atoms with van der Waals surface area (Å²) in [5, 5.41) is 8.54. The van der Waals surface area contributed by atoms with Gasteiger partial charge in [0.1, 0.15) is 35.0 Å². The number of ether oxygens (including phenoxy) is 1. The van der Waals surface area contributed by atoms with E-state index in [0.29, 0.717) is 12.5 Å². The maximum atomic E-state index is 12.5. The topological polar surface area (TPSA) is 183 Å². The van der Waals surface area contributed by atoms with E-state index in [2.05, 4.69) is 19.1 Å². The normalized spacial score (nSPS) is 11.1. The summed E-state index contributed by atoms with van der Waals surface area (Å²) in [5.74, 6) is -2.05. The molecule has 0 atom stereocenters. The monoisotopic (exact) mass is 508 g/mol. The van der Waals surface area contributed by atoms with Crippen molar-refractivity contribution in [2.75, 3.05) is 6.61 Å². The van der Waals surface area contributed by atoms with E-state index in [-0.39, 0.29) is 70.0 Å². The molecule has 0 fully saturated rings. The van der Waals surface area contributed by atoms with E-state index in [1.54, 1.807) is 6.92 Å². The van der Waals surface area contributed by atoms with Gasteiger partial charge in [-0.3, -0.25) is 0 Å². The molecule has 0 amide bonds. The molecule has 0 saturated heterocycles. The fourth-order valence-corrected chi connectivity index (χ4v) is 2.67. The van der Waals surface area contributed by atoms with E-state index in [1.807, 2.05) is 0 Å². The third-order valence-electron chi connectivity index (χ3n) is 4.05. The zero-order chi connectivity index (χ0) is 23.8. The number of aromatic nitrogens is 2. The maximum Gasteiger partial charge on any atom is 1.00 e. The van der Waals surface area contributed by atoms with Crippen molar-refractivity contribution in [3.8, 4) is 0 Å². The van der Waals surface area contributed by atoms with Gasteiger partial charge in [-0.1, -0.05) is 0 Å². The minimum Gasteiger partial charge on any atom is -0.870 e. The van der Waals surface area contributed by atoms with Crippen molar-refractivity contribution in [1.82, 2.24) is 9.97 Å². The fraction of sp³-hybridized carbons (Fsp3) is 0.222. The molecule has 0 aromatic carbocycles. The number of esters is 1. The summed E-state index contributed by atoms with van der Waals surface area (Å²) in [7, 11) is 0. The third-order valence-corrected chi connectivity index (χ3v) is 4.05. The van der Waals surface area contributed by atoms with Crippen LogP contribution in [0.15, 0.2) is 33.5 Å². The molecule has 0 spiro atoms. The summed E-state index contributed by atoms with van der Waals surface area (Å²) < 4.78 is 88.5. The van der Waals surface area contributed by atoms with Gasteiger partial charge >= 0.3 is 43.2 Å². The smallest absolute Gasteiger partial charge is 0.870 e. The number of hydrogen-bond donors (Lipinski definition) is 3. The Balaban J connectivity index is 0.000000612. The number of H-pyrrole nitrogens is 2. The van der Waals surface area contributed by atoms with E-state index in [9.17, 15) is 35.9 Å². The van der Waals surface area contributed by atoms with Crippen LogP contribution >= 0.6 is 0 Å². The van der Waals surface area contributed by atoms with Crippen LogP contribution in [0.3, 0.4) is 0 Å². The standard InChI is InChI=1S/C10H8F3NO3.C8H4F3NO3.Li.2H2O/c1-2-16-9(15)6-3-7-8(14-6)5(4-17-7)10(11,12)13;9-8(10,11)3-2-15-5-1-4(7(13)14)12-6(3)5;;;/h3-4,14H,2H2,1H3;1-2,12H,(H,13,14);;2*1H2/q;;+1;;/p-1. The summed E-state index contributed by atoms with van der Waals surface area (Å²) in [6.45, 7) is 1.75. The Morgan fingerprint density at radius 1 is 0.914 bits per heavy atom. The van der Waals surface area contributed by atoms with Gasteiger partial charge in [0.15, 0.2) is 11.2 Å². The number of carboxylic acid groups (broad SMARTS) is 1. The van der Waals surface area contributed by atoms with Gasteiger partial charge in [0.25, 0.3) is 0 Å². The Morgan fingerprint density at radius 3 is 1.69 bits per heavy atom. The van der Waals surface area contributed by atoms with E-state index in [0.717, 1.165) is 6.07 Å². The Hall–Kier alpha value is -3.32. The molecule has 6 N–H and O–H groups in total. The van der Waals surface area contributed by atoms with Crippen molar-refractivity contribution in [3.05, 3.63) is 47.2 Å². The fourth-order valence-electron chi connectivity index (χ4n) is 2.67. The number of hydrogen-bond acceptors (Lipinski definition) is 6. The van der Waals surface area contributed by atoms with Gasteiger partial charge < -0.3 is 39.6 Å². The number of furan rings is 2. The van der Waals surface area contributed by atoms with Crippen molar-refractivity contribution in [1.29, 1.82) is 0 Å². The molecule has 0 aliphatic rings. The van der Waals surface area contributed by atoms with Crippen LogP contribution in [0.4, 0.5) is 26.3 Å². The Morgan fingerprint density at radius 2 is 1.31 bits per heavy atom. The summed E-state index contributed by atoms with van der Waals surface area (Å²) in [4.78, 5) is 26.3. The van der Waals surface area contributed by atoms with Gasteiger partial charge in [0.2, 0.25) is 0 Å². The number of halogens is 6. The zero-order valence-corrected chi connectivity index (χ0v) is 17.7. The van der Waals surface area contributed by atoms with Crippen LogP contribution in [0.5, 0.6) is 0 Å². The molecule has 4 heterocycles. The molecule has 0 aliphatic carbocycles. The predicted molar refractivity (Wildman–Crippen MR) is 99.6 cm³/mol. The minimum absolute atomic E-state index is 0. The van der Waals surface area contributed by atoms with Crippen molar-refractivity contribution in [2.45, 2.75) is 19.3 Å². The number of alkyl halides is 6. The van der Waals surface area contributed by atoms with E-state index in [4.69, 9.17) is 9.52 Å². The molecule has 10 nitrogen and oxygen atoms in total. The second kappa shape index (κ2) is 11.4. The largest absolute Gasteiger partial charge is 1.00 e. The first-order chi connectivity index (χ1) is 14.8. The molecule has 0 unspecified atom stereocenters. The van der Waals surface area contributed by atoms with Crippen molar-refractivity contribution < 1.29 is 84.4 Å². The number of aromatic amines is 2. The zero-order valence-electron chi connectivity index (χ0n) is 17.7. The van der Waals surface area contributed by atoms with Gasteiger partial charge in [-0.15, -0.1) is 0 Å². The molecule has 0 saturated carbocycles. The van der Waals surface area contributed by atoms with Crippen LogP contribution in [-0.2, 0) is 17.1 Å². The molecule has 0 radical (unpaired) electrons. The number of carbonyl (C=O) groups is 2. The molecule has 188 valence electrons. The average molecular weight is 508 g/mol. The number of fused-ring (bicyclic) bond motifs is 2. The van der Waals surface area contributed by atoms with Crippen LogP contribution in [0, 0.1) is 0 Å². The van der Waals surface area contributed by atoms with Crippen LogP contribution < -0.4 is 18.9 Å². The average Bonchev–Trinajstić information content (AvgIpc) is 3.39. The molecule has 35 heavy (non-hydrogen) atoms. The molecule has 17 heteroatoms. The van der Waals surface area contributed by atoms with Gasteiger partial charge in [-0.25, -0.2) is 9.59 Å². The summed E-state index contributed by atoms with van der Waals surface area (Å²) in [6, 6.07) is 2.19. The number of rotatable bonds is 3. The van der Waals surface area contributed by atoms with Crippen molar-refractivity contribution >= 4 is 34.1 Å². The van der Waals surface area contributed by atoms with Crippen molar-refractivity contribution in [2.24, 2.45) is 0 Å². The molecule has 4 aromatic heterocycles. The van der Waals surface area contributed by atoms with Crippen molar-refractivity contribution in [3.63, 3.8) is 0 Å². The van der Waals surface area contributed by atoms with Gasteiger partial charge in [-0.05, 0) is 6.92 Å². The first-order valence-electron chi connectivity index (χ1n) is 8.58. The Labute approximate surface area is 202 Å². The Bertz CT molecular complexity index is 1280. The third kappa shape index (κ3) is 6.63. The minimum atomic E-state index is -4.56.